The van der Waals surface area contributed by atoms with E-state index in [9.17, 15) is 28.9 Å². The van der Waals surface area contributed by atoms with Gasteiger partial charge in [-0.3, -0.25) is 23.4 Å². The summed E-state index contributed by atoms with van der Waals surface area (Å²) in [6, 6.07) is 0. The Morgan fingerprint density at radius 1 is 0.362 bits per heavy atom. The second-order valence-corrected chi connectivity index (χ2v) is 22.3. The number of carbonyl (C=O) groups is 3. The fourth-order valence-electron chi connectivity index (χ4n) is 8.35. The third kappa shape index (κ3) is 58.8. The Balaban J connectivity index is 4.82. The van der Waals surface area contributed by atoms with Crippen molar-refractivity contribution in [1.29, 1.82) is 0 Å². The molecular weight excluding hydrogens is 1020 g/mol. The van der Waals surface area contributed by atoms with Crippen molar-refractivity contribution in [2.24, 2.45) is 0 Å². The van der Waals surface area contributed by atoms with Gasteiger partial charge < -0.3 is 24.2 Å². The number of hydrogen-bond acceptors (Lipinski definition) is 10. The highest BCUT2D eigenvalue weighted by Gasteiger charge is 2.28. The largest absolute Gasteiger partial charge is 0.472 e. The molecule has 3 atom stereocenters. The lowest BCUT2D eigenvalue weighted by atomic mass is 10.1. The molecule has 2 N–H and O–H groups in total. The Labute approximate surface area is 488 Å². The van der Waals surface area contributed by atoms with Crippen molar-refractivity contribution >= 4 is 25.7 Å². The number of hydrogen-bond donors (Lipinski definition) is 2. The van der Waals surface area contributed by atoms with Crippen LogP contribution in [0, 0.1) is 0 Å². The fourth-order valence-corrected chi connectivity index (χ4v) is 9.13. The molecule has 0 aromatic carbocycles. The first-order valence-electron chi connectivity index (χ1n) is 31.8. The highest BCUT2D eigenvalue weighted by molar-refractivity contribution is 7.47. The van der Waals surface area contributed by atoms with Gasteiger partial charge in [0.15, 0.2) is 6.10 Å². The molecule has 3 unspecified atom stereocenters. The van der Waals surface area contributed by atoms with Crippen LogP contribution >= 0.6 is 7.82 Å². The van der Waals surface area contributed by atoms with E-state index in [2.05, 4.69) is 118 Å². The van der Waals surface area contributed by atoms with Crippen molar-refractivity contribution in [3.63, 3.8) is 0 Å². The van der Waals surface area contributed by atoms with Crippen LogP contribution in [0.5, 0.6) is 0 Å². The van der Waals surface area contributed by atoms with Gasteiger partial charge in [0, 0.05) is 19.3 Å². The molecule has 0 aliphatic heterocycles. The molecule has 0 bridgehead atoms. The Morgan fingerprint density at radius 3 is 1.11 bits per heavy atom. The molecular formula is C68H115O11P. The third-order valence-electron chi connectivity index (χ3n) is 13.2. The van der Waals surface area contributed by atoms with Crippen LogP contribution in [0.2, 0.25) is 0 Å². The number of phosphoric acid groups is 1. The summed E-state index contributed by atoms with van der Waals surface area (Å²) in [6.07, 6.45) is 74.8. The van der Waals surface area contributed by atoms with E-state index in [-0.39, 0.29) is 25.9 Å². The molecule has 0 aliphatic rings. The number of unbranched alkanes of at least 4 members (excludes halogenated alkanes) is 23. The molecule has 0 saturated carbocycles. The normalized spacial score (nSPS) is 14.0. The Kier molecular flexibility index (Phi) is 58.3. The van der Waals surface area contributed by atoms with Crippen LogP contribution in [-0.4, -0.2) is 66.5 Å². The Hall–Kier alpha value is -3.86. The van der Waals surface area contributed by atoms with E-state index >= 15 is 0 Å². The molecule has 12 heteroatoms. The number of ether oxygens (including phenoxy) is 3. The van der Waals surface area contributed by atoms with Crippen LogP contribution in [0.15, 0.2) is 109 Å². The van der Waals surface area contributed by atoms with Crippen molar-refractivity contribution in [3.05, 3.63) is 109 Å². The number of esters is 3. The Morgan fingerprint density at radius 2 is 0.675 bits per heavy atom. The first-order chi connectivity index (χ1) is 39.2. The summed E-state index contributed by atoms with van der Waals surface area (Å²) in [4.78, 5) is 48.7. The monoisotopic (exact) mass is 1140 g/mol. The van der Waals surface area contributed by atoms with Crippen molar-refractivity contribution in [3.8, 4) is 0 Å². The summed E-state index contributed by atoms with van der Waals surface area (Å²) >= 11 is 0. The van der Waals surface area contributed by atoms with Gasteiger partial charge in [0.2, 0.25) is 0 Å². The number of aliphatic hydroxyl groups excluding tert-OH is 1. The molecule has 0 heterocycles. The van der Waals surface area contributed by atoms with Gasteiger partial charge in [-0.05, 0) is 116 Å². The average Bonchev–Trinajstić information content (AvgIpc) is 3.45. The van der Waals surface area contributed by atoms with Crippen LogP contribution in [0.3, 0.4) is 0 Å². The molecule has 0 rings (SSSR count). The summed E-state index contributed by atoms with van der Waals surface area (Å²) < 4.78 is 39.6. The molecule has 0 aromatic rings. The van der Waals surface area contributed by atoms with Crippen molar-refractivity contribution in [2.75, 3.05) is 26.4 Å². The average molecular weight is 1140 g/mol. The summed E-state index contributed by atoms with van der Waals surface area (Å²) in [6.45, 7) is 4.42. The number of rotatable bonds is 58. The van der Waals surface area contributed by atoms with Crippen molar-refractivity contribution < 1.29 is 52.2 Å². The zero-order valence-corrected chi connectivity index (χ0v) is 51.7. The summed E-state index contributed by atoms with van der Waals surface area (Å²) in [5.74, 6) is -1.58. The van der Waals surface area contributed by atoms with Gasteiger partial charge >= 0.3 is 25.7 Å². The lowest BCUT2D eigenvalue weighted by Crippen LogP contribution is -2.30. The number of aliphatic hydroxyl groups is 1. The molecule has 0 radical (unpaired) electrons. The first-order valence-corrected chi connectivity index (χ1v) is 33.3. The number of allylic oxidation sites excluding steroid dienone is 18. The maximum Gasteiger partial charge on any atom is 0.472 e. The van der Waals surface area contributed by atoms with E-state index in [0.29, 0.717) is 25.7 Å². The van der Waals surface area contributed by atoms with E-state index in [1.807, 2.05) is 12.2 Å². The third-order valence-corrected chi connectivity index (χ3v) is 14.1. The van der Waals surface area contributed by atoms with Crippen molar-refractivity contribution in [1.82, 2.24) is 0 Å². The van der Waals surface area contributed by atoms with E-state index in [1.165, 1.54) is 103 Å². The van der Waals surface area contributed by atoms with Crippen LogP contribution in [0.4, 0.5) is 0 Å². The molecule has 0 fully saturated rings. The zero-order valence-electron chi connectivity index (χ0n) is 50.8. The minimum atomic E-state index is -4.78. The quantitative estimate of drug-likeness (QED) is 0.0197. The van der Waals surface area contributed by atoms with E-state index in [4.69, 9.17) is 23.3 Å². The minimum absolute atomic E-state index is 0.0370. The summed E-state index contributed by atoms with van der Waals surface area (Å²) in [5.41, 5.74) is 0. The SMILES string of the molecule is CC/C=C\C/C=C\C/C=C\C/C=C\C/C=C\C/C=C\CCC(=O)OC(COC(=O)CCCCCCCCC/C=C\CCCCCCCC)COP(=O)(O)OCC(CO)OC(=O)CCCCCCCCC/C=C\C/C=C\CCCCC. The maximum absolute atomic E-state index is 12.9. The van der Waals surface area contributed by atoms with Gasteiger partial charge in [-0.15, -0.1) is 0 Å². The summed E-state index contributed by atoms with van der Waals surface area (Å²) in [5, 5.41) is 9.85. The van der Waals surface area contributed by atoms with Gasteiger partial charge in [0.1, 0.15) is 12.7 Å². The molecule has 458 valence electrons. The number of phosphoric ester groups is 1. The molecule has 0 aliphatic carbocycles. The highest BCUT2D eigenvalue weighted by Crippen LogP contribution is 2.43. The van der Waals surface area contributed by atoms with Gasteiger partial charge in [0.25, 0.3) is 0 Å². The van der Waals surface area contributed by atoms with Gasteiger partial charge in [0.05, 0.1) is 19.8 Å². The molecule has 80 heavy (non-hydrogen) atoms. The fraction of sp³-hybridized carbons (Fsp3) is 0.691. The summed E-state index contributed by atoms with van der Waals surface area (Å²) in [7, 11) is -4.78. The van der Waals surface area contributed by atoms with Crippen LogP contribution in [0.1, 0.15) is 265 Å². The van der Waals surface area contributed by atoms with Crippen molar-refractivity contribution in [2.45, 2.75) is 277 Å². The molecule has 0 aromatic heterocycles. The van der Waals surface area contributed by atoms with Crippen LogP contribution in [-0.2, 0) is 42.2 Å². The van der Waals surface area contributed by atoms with Crippen LogP contribution in [0.25, 0.3) is 0 Å². The second-order valence-electron chi connectivity index (χ2n) is 20.8. The standard InChI is InChI=1S/C68H115O11P/c1-4-7-10-13-16-19-22-25-28-31-32-35-38-41-44-47-50-53-56-59-68(72)79-65(61-75-66(70)57-54-51-48-45-42-39-36-33-29-26-23-20-17-14-11-8-5-2)63-77-80(73,74)76-62-64(60-69)78-67(71)58-55-52-49-46-43-40-37-34-30-27-24-21-18-15-12-9-6-3/h7,10,16,18-19,21,25-30,32,35,41,44,50,53,64-65,69H,4-6,8-9,11-15,17,20,22-24,31,33-34,36-40,42-43,45-49,51-52,54-63H2,1-3H3,(H,73,74)/b10-7-,19-16-,21-18-,28-25-,29-26-,30-27-,35-32-,44-41-,53-50-. The molecule has 0 saturated heterocycles. The predicted molar refractivity (Wildman–Crippen MR) is 334 cm³/mol. The molecule has 0 spiro atoms. The predicted octanol–water partition coefficient (Wildman–Crippen LogP) is 19.4. The van der Waals surface area contributed by atoms with E-state index in [0.717, 1.165) is 96.3 Å². The van der Waals surface area contributed by atoms with E-state index in [1.54, 1.807) is 0 Å². The lowest BCUT2D eigenvalue weighted by molar-refractivity contribution is -0.161. The minimum Gasteiger partial charge on any atom is -0.462 e. The zero-order chi connectivity index (χ0) is 58.3. The first kappa shape index (κ1) is 76.1. The second kappa shape index (κ2) is 61.2. The van der Waals surface area contributed by atoms with E-state index < -0.39 is 57.8 Å². The van der Waals surface area contributed by atoms with Crippen LogP contribution < -0.4 is 0 Å². The van der Waals surface area contributed by atoms with Gasteiger partial charge in [-0.25, -0.2) is 4.57 Å². The molecule has 11 nitrogen and oxygen atoms in total. The number of carbonyl (C=O) groups excluding carboxylic acids is 3. The highest BCUT2D eigenvalue weighted by atomic mass is 31.2. The topological polar surface area (TPSA) is 155 Å². The molecule has 0 amide bonds. The maximum atomic E-state index is 12.9. The van der Waals surface area contributed by atoms with Gasteiger partial charge in [-0.1, -0.05) is 239 Å². The van der Waals surface area contributed by atoms with Gasteiger partial charge in [-0.2, -0.15) is 0 Å². The Bertz CT molecular complexity index is 1760. The lowest BCUT2D eigenvalue weighted by Gasteiger charge is -2.21. The smallest absolute Gasteiger partial charge is 0.462 e.